The summed E-state index contributed by atoms with van der Waals surface area (Å²) < 4.78 is 0. The summed E-state index contributed by atoms with van der Waals surface area (Å²) in [5.74, 6) is 0.841. The lowest BCUT2D eigenvalue weighted by atomic mass is 10.2. The van der Waals surface area contributed by atoms with Crippen LogP contribution >= 0.6 is 23.4 Å². The monoisotopic (exact) mass is 325 g/mol. The van der Waals surface area contributed by atoms with Gasteiger partial charge >= 0.3 is 0 Å². The standard InChI is InChI=1S/C14H14ClNO2S.C2H6/c15-13-9-12(16(17)18)7-8-14(13)19-10-11-5-3-1-2-4-6-11;1-2/h3,5-9H,1-2,4,10H2;1-2H3. The van der Waals surface area contributed by atoms with E-state index in [0.29, 0.717) is 5.02 Å². The van der Waals surface area contributed by atoms with Crippen molar-refractivity contribution in [2.24, 2.45) is 0 Å². The molecule has 5 heteroatoms. The second-order valence-electron chi connectivity index (χ2n) is 4.27. The summed E-state index contributed by atoms with van der Waals surface area (Å²) in [5, 5.41) is 11.1. The maximum Gasteiger partial charge on any atom is 0.270 e. The highest BCUT2D eigenvalue weighted by Crippen LogP contribution is 2.32. The van der Waals surface area contributed by atoms with Gasteiger partial charge in [0.25, 0.3) is 5.69 Å². The van der Waals surface area contributed by atoms with Crippen molar-refractivity contribution < 1.29 is 4.92 Å². The second kappa shape index (κ2) is 9.64. The fourth-order valence-electron chi connectivity index (χ4n) is 1.81. The fraction of sp³-hybridized carbons (Fsp3) is 0.375. The van der Waals surface area contributed by atoms with E-state index in [-0.39, 0.29) is 5.69 Å². The third-order valence-electron chi connectivity index (χ3n) is 2.83. The van der Waals surface area contributed by atoms with Crippen molar-refractivity contribution in [3.05, 3.63) is 57.1 Å². The Morgan fingerprint density at radius 1 is 1.33 bits per heavy atom. The Labute approximate surface area is 135 Å². The molecule has 1 aliphatic rings. The number of nitro groups is 1. The number of allylic oxidation sites excluding steroid dienone is 3. The zero-order valence-electron chi connectivity index (χ0n) is 12.3. The third kappa shape index (κ3) is 5.94. The highest BCUT2D eigenvalue weighted by Gasteiger charge is 2.10. The largest absolute Gasteiger partial charge is 0.270 e. The number of nitrogens with zero attached hydrogens (tertiary/aromatic N) is 1. The van der Waals surface area contributed by atoms with Crippen molar-refractivity contribution >= 4 is 29.1 Å². The van der Waals surface area contributed by atoms with E-state index in [1.54, 1.807) is 17.8 Å². The molecule has 0 atom stereocenters. The average molecular weight is 326 g/mol. The molecule has 0 unspecified atom stereocenters. The van der Waals surface area contributed by atoms with Crippen LogP contribution in [0.5, 0.6) is 0 Å². The van der Waals surface area contributed by atoms with Crippen LogP contribution in [0.3, 0.4) is 0 Å². The molecule has 2 rings (SSSR count). The molecule has 0 radical (unpaired) electrons. The second-order valence-corrected chi connectivity index (χ2v) is 5.70. The molecule has 0 saturated carbocycles. The molecule has 1 aliphatic carbocycles. The molecule has 0 bridgehead atoms. The zero-order chi connectivity index (χ0) is 15.7. The van der Waals surface area contributed by atoms with Gasteiger partial charge in [0.2, 0.25) is 0 Å². The van der Waals surface area contributed by atoms with E-state index in [9.17, 15) is 10.1 Å². The summed E-state index contributed by atoms with van der Waals surface area (Å²) in [7, 11) is 0. The Hall–Kier alpha value is -1.26. The van der Waals surface area contributed by atoms with E-state index in [0.717, 1.165) is 23.5 Å². The number of halogens is 1. The molecule has 0 N–H and O–H groups in total. The number of non-ortho nitro benzene ring substituents is 1. The van der Waals surface area contributed by atoms with Crippen molar-refractivity contribution in [3.63, 3.8) is 0 Å². The van der Waals surface area contributed by atoms with Crippen molar-refractivity contribution in [2.45, 2.75) is 38.0 Å². The fourth-order valence-corrected chi connectivity index (χ4v) is 3.05. The SMILES string of the molecule is CC.O=[N+]([O-])c1ccc(SCC2=CCCCC=C2)c(Cl)c1. The van der Waals surface area contributed by atoms with Crippen LogP contribution in [0.15, 0.2) is 46.9 Å². The van der Waals surface area contributed by atoms with Crippen molar-refractivity contribution in [1.82, 2.24) is 0 Å². The highest BCUT2D eigenvalue weighted by molar-refractivity contribution is 7.99. The summed E-state index contributed by atoms with van der Waals surface area (Å²) in [6.45, 7) is 4.00. The van der Waals surface area contributed by atoms with Gasteiger partial charge in [-0.15, -0.1) is 11.8 Å². The van der Waals surface area contributed by atoms with E-state index in [4.69, 9.17) is 11.6 Å². The Balaban J connectivity index is 0.00000106. The molecular formula is C16H20ClNO2S. The first-order chi connectivity index (χ1) is 10.2. The number of benzene rings is 1. The third-order valence-corrected chi connectivity index (χ3v) is 4.40. The van der Waals surface area contributed by atoms with Crippen LogP contribution in [-0.2, 0) is 0 Å². The molecule has 21 heavy (non-hydrogen) atoms. The molecule has 0 heterocycles. The molecule has 0 aliphatic heterocycles. The van der Waals surface area contributed by atoms with E-state index in [2.05, 4.69) is 18.2 Å². The summed E-state index contributed by atoms with van der Waals surface area (Å²) in [4.78, 5) is 11.1. The first kappa shape index (κ1) is 17.8. The zero-order valence-corrected chi connectivity index (χ0v) is 13.9. The van der Waals surface area contributed by atoms with Crippen LogP contribution in [0.4, 0.5) is 5.69 Å². The van der Waals surface area contributed by atoms with Crippen LogP contribution in [0.25, 0.3) is 0 Å². The molecule has 0 spiro atoms. The first-order valence-electron chi connectivity index (χ1n) is 7.09. The van der Waals surface area contributed by atoms with Gasteiger partial charge in [-0.3, -0.25) is 10.1 Å². The predicted molar refractivity (Wildman–Crippen MR) is 91.3 cm³/mol. The molecule has 0 saturated heterocycles. The van der Waals surface area contributed by atoms with Gasteiger partial charge in [0, 0.05) is 22.8 Å². The smallest absolute Gasteiger partial charge is 0.258 e. The van der Waals surface area contributed by atoms with Crippen LogP contribution in [0.1, 0.15) is 33.1 Å². The van der Waals surface area contributed by atoms with E-state index >= 15 is 0 Å². The molecule has 0 aromatic heterocycles. The Morgan fingerprint density at radius 2 is 2.10 bits per heavy atom. The molecule has 1 aromatic rings. The van der Waals surface area contributed by atoms with Gasteiger partial charge in [0.1, 0.15) is 0 Å². The van der Waals surface area contributed by atoms with Gasteiger partial charge in [0.05, 0.1) is 9.95 Å². The predicted octanol–water partition coefficient (Wildman–Crippen LogP) is 6.03. The Morgan fingerprint density at radius 3 is 2.76 bits per heavy atom. The van der Waals surface area contributed by atoms with Crippen molar-refractivity contribution in [2.75, 3.05) is 5.75 Å². The van der Waals surface area contributed by atoms with Crippen LogP contribution in [0.2, 0.25) is 5.02 Å². The molecule has 114 valence electrons. The Bertz CT molecular complexity index is 541. The summed E-state index contributed by atoms with van der Waals surface area (Å²) >= 11 is 7.67. The summed E-state index contributed by atoms with van der Waals surface area (Å²) in [5.41, 5.74) is 1.32. The minimum absolute atomic E-state index is 0.0305. The highest BCUT2D eigenvalue weighted by atomic mass is 35.5. The molecule has 1 aromatic carbocycles. The minimum atomic E-state index is -0.434. The Kier molecular flexibility index (Phi) is 8.16. The topological polar surface area (TPSA) is 43.1 Å². The van der Waals surface area contributed by atoms with E-state index < -0.39 is 4.92 Å². The molecule has 0 fully saturated rings. The number of nitro benzene ring substituents is 1. The van der Waals surface area contributed by atoms with Gasteiger partial charge in [-0.1, -0.05) is 43.7 Å². The van der Waals surface area contributed by atoms with Crippen LogP contribution in [0, 0.1) is 10.1 Å². The lowest BCUT2D eigenvalue weighted by molar-refractivity contribution is -0.384. The lowest BCUT2D eigenvalue weighted by Crippen LogP contribution is -1.89. The quantitative estimate of drug-likeness (QED) is 0.385. The van der Waals surface area contributed by atoms with Gasteiger partial charge in [-0.05, 0) is 30.9 Å². The molecule has 3 nitrogen and oxygen atoms in total. The first-order valence-corrected chi connectivity index (χ1v) is 8.45. The van der Waals surface area contributed by atoms with Gasteiger partial charge in [-0.25, -0.2) is 0 Å². The van der Waals surface area contributed by atoms with Crippen LogP contribution < -0.4 is 0 Å². The maximum absolute atomic E-state index is 10.6. The number of thioether (sulfide) groups is 1. The van der Waals surface area contributed by atoms with Crippen LogP contribution in [-0.4, -0.2) is 10.7 Å². The maximum atomic E-state index is 10.6. The minimum Gasteiger partial charge on any atom is -0.258 e. The number of rotatable bonds is 4. The summed E-state index contributed by atoms with van der Waals surface area (Å²) in [6.07, 6.45) is 10.0. The van der Waals surface area contributed by atoms with E-state index in [1.807, 2.05) is 13.8 Å². The van der Waals surface area contributed by atoms with Gasteiger partial charge in [-0.2, -0.15) is 0 Å². The van der Waals surface area contributed by atoms with Crippen molar-refractivity contribution in [1.29, 1.82) is 0 Å². The normalized spacial score (nSPS) is 13.8. The summed E-state index contributed by atoms with van der Waals surface area (Å²) in [6, 6.07) is 4.61. The van der Waals surface area contributed by atoms with E-state index in [1.165, 1.54) is 24.1 Å². The van der Waals surface area contributed by atoms with Gasteiger partial charge in [0.15, 0.2) is 0 Å². The molecule has 0 amide bonds. The number of hydrogen-bond acceptors (Lipinski definition) is 3. The number of hydrogen-bond donors (Lipinski definition) is 0. The lowest BCUT2D eigenvalue weighted by Gasteiger charge is -2.04. The van der Waals surface area contributed by atoms with Crippen molar-refractivity contribution in [3.8, 4) is 0 Å². The van der Waals surface area contributed by atoms with Gasteiger partial charge < -0.3 is 0 Å². The average Bonchev–Trinajstić information content (AvgIpc) is 2.76. The molecular weight excluding hydrogens is 306 g/mol.